The maximum absolute atomic E-state index is 12.4. The molecule has 1 amide bonds. The topological polar surface area (TPSA) is 69.8 Å². The molecule has 0 spiro atoms. The fraction of sp³-hybridized carbons (Fsp3) is 0.0476. The number of H-pyrrole nitrogens is 1. The number of hydrogen-bond acceptors (Lipinski definition) is 3. The van der Waals surface area contributed by atoms with Crippen molar-refractivity contribution in [2.45, 2.75) is 6.42 Å². The van der Waals surface area contributed by atoms with Crippen LogP contribution in [0.25, 0.3) is 10.9 Å². The standard InChI is InChI=1S/C21H18N4O/c26-21(12-15-13-23-20-6-2-1-5-19(15)20)25-17-9-7-16(8-10-17)24-18-4-3-11-22-14-18/h1-11,13-14,23-24H,12H2,(H,25,26). The molecule has 4 aromatic rings. The van der Waals surface area contributed by atoms with Crippen LogP contribution in [0.1, 0.15) is 5.56 Å². The van der Waals surface area contributed by atoms with E-state index in [0.29, 0.717) is 6.42 Å². The van der Waals surface area contributed by atoms with Gasteiger partial charge in [-0.1, -0.05) is 18.2 Å². The summed E-state index contributed by atoms with van der Waals surface area (Å²) in [6, 6.07) is 19.4. The van der Waals surface area contributed by atoms with Gasteiger partial charge in [0.25, 0.3) is 0 Å². The van der Waals surface area contributed by atoms with E-state index in [1.54, 1.807) is 12.4 Å². The molecule has 0 unspecified atom stereocenters. The van der Waals surface area contributed by atoms with Gasteiger partial charge in [-0.2, -0.15) is 0 Å². The summed E-state index contributed by atoms with van der Waals surface area (Å²) in [4.78, 5) is 19.6. The number of aromatic amines is 1. The highest BCUT2D eigenvalue weighted by molar-refractivity contribution is 5.95. The number of benzene rings is 2. The number of carbonyl (C=O) groups excluding carboxylic acids is 1. The molecule has 2 aromatic carbocycles. The number of anilines is 3. The molecular weight excluding hydrogens is 324 g/mol. The highest BCUT2D eigenvalue weighted by Gasteiger charge is 2.09. The number of nitrogens with one attached hydrogen (secondary N) is 3. The summed E-state index contributed by atoms with van der Waals surface area (Å²) in [6.07, 6.45) is 5.72. The zero-order chi connectivity index (χ0) is 17.8. The SMILES string of the molecule is O=C(Cc1c[nH]c2ccccc12)Nc1ccc(Nc2cccnc2)cc1. The van der Waals surface area contributed by atoms with Crippen molar-refractivity contribution < 1.29 is 4.79 Å². The highest BCUT2D eigenvalue weighted by atomic mass is 16.1. The summed E-state index contributed by atoms with van der Waals surface area (Å²) >= 11 is 0. The fourth-order valence-electron chi connectivity index (χ4n) is 2.90. The van der Waals surface area contributed by atoms with Crippen molar-refractivity contribution in [2.24, 2.45) is 0 Å². The first kappa shape index (κ1) is 15.9. The van der Waals surface area contributed by atoms with Crippen LogP contribution in [0.15, 0.2) is 79.3 Å². The summed E-state index contributed by atoms with van der Waals surface area (Å²) in [5.74, 6) is -0.0391. The van der Waals surface area contributed by atoms with Gasteiger partial charge in [-0.25, -0.2) is 0 Å². The van der Waals surface area contributed by atoms with Gasteiger partial charge in [-0.3, -0.25) is 9.78 Å². The molecule has 0 aliphatic heterocycles. The van der Waals surface area contributed by atoms with E-state index in [9.17, 15) is 4.79 Å². The number of aromatic nitrogens is 2. The van der Waals surface area contributed by atoms with Crippen molar-refractivity contribution in [3.05, 3.63) is 84.8 Å². The number of amides is 1. The number of para-hydroxylation sites is 1. The predicted molar refractivity (Wildman–Crippen MR) is 105 cm³/mol. The molecule has 2 aromatic heterocycles. The first-order chi connectivity index (χ1) is 12.8. The van der Waals surface area contributed by atoms with Gasteiger partial charge in [-0.15, -0.1) is 0 Å². The molecule has 0 radical (unpaired) electrons. The van der Waals surface area contributed by atoms with E-state index in [0.717, 1.165) is 33.5 Å². The summed E-state index contributed by atoms with van der Waals surface area (Å²) in [5, 5.41) is 7.29. The van der Waals surface area contributed by atoms with Crippen molar-refractivity contribution in [3.8, 4) is 0 Å². The minimum atomic E-state index is -0.0391. The Hall–Kier alpha value is -3.60. The molecule has 5 nitrogen and oxygen atoms in total. The molecule has 0 aliphatic carbocycles. The van der Waals surface area contributed by atoms with Crippen LogP contribution in [0.5, 0.6) is 0 Å². The van der Waals surface area contributed by atoms with E-state index in [4.69, 9.17) is 0 Å². The lowest BCUT2D eigenvalue weighted by Crippen LogP contribution is -2.14. The quantitative estimate of drug-likeness (QED) is 0.500. The zero-order valence-corrected chi connectivity index (χ0v) is 14.1. The number of carbonyl (C=O) groups is 1. The molecule has 26 heavy (non-hydrogen) atoms. The minimum Gasteiger partial charge on any atom is -0.361 e. The third kappa shape index (κ3) is 3.57. The first-order valence-electron chi connectivity index (χ1n) is 8.40. The van der Waals surface area contributed by atoms with Crippen LogP contribution in [-0.4, -0.2) is 15.9 Å². The molecular formula is C21H18N4O. The van der Waals surface area contributed by atoms with E-state index in [1.165, 1.54) is 0 Å². The Kier molecular flexibility index (Phi) is 4.35. The van der Waals surface area contributed by atoms with Gasteiger partial charge in [0.2, 0.25) is 5.91 Å². The number of fused-ring (bicyclic) bond motifs is 1. The summed E-state index contributed by atoms with van der Waals surface area (Å²) in [5.41, 5.74) is 4.66. The van der Waals surface area contributed by atoms with E-state index in [1.807, 2.05) is 66.9 Å². The molecule has 0 atom stereocenters. The second kappa shape index (κ2) is 7.11. The molecule has 0 saturated carbocycles. The van der Waals surface area contributed by atoms with Crippen LogP contribution < -0.4 is 10.6 Å². The normalized spacial score (nSPS) is 10.6. The van der Waals surface area contributed by atoms with Gasteiger partial charge in [0.15, 0.2) is 0 Å². The Labute approximate surface area is 151 Å². The predicted octanol–water partition coefficient (Wildman–Crippen LogP) is 4.49. The van der Waals surface area contributed by atoms with Gasteiger partial charge in [-0.05, 0) is 48.0 Å². The Balaban J connectivity index is 1.40. The van der Waals surface area contributed by atoms with Crippen LogP contribution in [0, 0.1) is 0 Å². The zero-order valence-electron chi connectivity index (χ0n) is 14.1. The molecule has 0 saturated heterocycles. The van der Waals surface area contributed by atoms with E-state index < -0.39 is 0 Å². The minimum absolute atomic E-state index is 0.0391. The Bertz CT molecular complexity index is 1020. The van der Waals surface area contributed by atoms with Gasteiger partial charge < -0.3 is 15.6 Å². The van der Waals surface area contributed by atoms with Crippen molar-refractivity contribution >= 4 is 33.9 Å². The van der Waals surface area contributed by atoms with Crippen molar-refractivity contribution in [1.82, 2.24) is 9.97 Å². The maximum Gasteiger partial charge on any atom is 0.228 e. The molecule has 0 bridgehead atoms. The Morgan fingerprint density at radius 1 is 0.923 bits per heavy atom. The number of hydrogen-bond donors (Lipinski definition) is 3. The van der Waals surface area contributed by atoms with Gasteiger partial charge in [0, 0.05) is 34.7 Å². The summed E-state index contributed by atoms with van der Waals surface area (Å²) in [6.45, 7) is 0. The number of nitrogens with zero attached hydrogens (tertiary/aromatic N) is 1. The Morgan fingerprint density at radius 2 is 1.73 bits per heavy atom. The highest BCUT2D eigenvalue weighted by Crippen LogP contribution is 2.20. The second-order valence-corrected chi connectivity index (χ2v) is 6.03. The van der Waals surface area contributed by atoms with E-state index >= 15 is 0 Å². The lowest BCUT2D eigenvalue weighted by Gasteiger charge is -2.08. The third-order valence-corrected chi connectivity index (χ3v) is 4.14. The van der Waals surface area contributed by atoms with Crippen LogP contribution in [0.4, 0.5) is 17.1 Å². The van der Waals surface area contributed by atoms with Gasteiger partial charge >= 0.3 is 0 Å². The van der Waals surface area contributed by atoms with Crippen LogP contribution in [0.2, 0.25) is 0 Å². The van der Waals surface area contributed by atoms with Crippen molar-refractivity contribution in [3.63, 3.8) is 0 Å². The lowest BCUT2D eigenvalue weighted by atomic mass is 10.1. The summed E-state index contributed by atoms with van der Waals surface area (Å²) in [7, 11) is 0. The Morgan fingerprint density at radius 3 is 2.54 bits per heavy atom. The van der Waals surface area contributed by atoms with Crippen LogP contribution >= 0.6 is 0 Å². The van der Waals surface area contributed by atoms with Crippen molar-refractivity contribution in [2.75, 3.05) is 10.6 Å². The summed E-state index contributed by atoms with van der Waals surface area (Å²) < 4.78 is 0. The van der Waals surface area contributed by atoms with Crippen LogP contribution in [-0.2, 0) is 11.2 Å². The molecule has 0 aliphatic rings. The van der Waals surface area contributed by atoms with E-state index in [-0.39, 0.29) is 5.91 Å². The smallest absolute Gasteiger partial charge is 0.228 e. The largest absolute Gasteiger partial charge is 0.361 e. The average molecular weight is 342 g/mol. The third-order valence-electron chi connectivity index (χ3n) is 4.14. The fourth-order valence-corrected chi connectivity index (χ4v) is 2.90. The molecule has 3 N–H and O–H groups in total. The molecule has 2 heterocycles. The molecule has 128 valence electrons. The number of pyridine rings is 1. The monoisotopic (exact) mass is 342 g/mol. The van der Waals surface area contributed by atoms with Gasteiger partial charge in [0.1, 0.15) is 0 Å². The maximum atomic E-state index is 12.4. The number of rotatable bonds is 5. The van der Waals surface area contributed by atoms with E-state index in [2.05, 4.69) is 20.6 Å². The molecule has 0 fully saturated rings. The second-order valence-electron chi connectivity index (χ2n) is 6.03. The lowest BCUT2D eigenvalue weighted by molar-refractivity contribution is -0.115. The molecule has 5 heteroatoms. The van der Waals surface area contributed by atoms with Crippen molar-refractivity contribution in [1.29, 1.82) is 0 Å². The molecule has 4 rings (SSSR count). The van der Waals surface area contributed by atoms with Gasteiger partial charge in [0.05, 0.1) is 18.3 Å². The average Bonchev–Trinajstić information content (AvgIpc) is 3.07. The first-order valence-corrected chi connectivity index (χ1v) is 8.40. The van der Waals surface area contributed by atoms with Crippen LogP contribution in [0.3, 0.4) is 0 Å².